The Bertz CT molecular complexity index is 972. The molecule has 0 radical (unpaired) electrons. The van der Waals surface area contributed by atoms with Crippen molar-refractivity contribution in [3.8, 4) is 5.75 Å². The molecule has 0 fully saturated rings. The zero-order valence-electron chi connectivity index (χ0n) is 17.3. The number of aromatic nitrogens is 3. The van der Waals surface area contributed by atoms with Crippen molar-refractivity contribution < 1.29 is 9.53 Å². The average Bonchev–Trinajstić information content (AvgIpc) is 3.14. The summed E-state index contributed by atoms with van der Waals surface area (Å²) < 4.78 is 7.71. The third kappa shape index (κ3) is 6.00. The molecule has 0 atom stereocenters. The normalized spacial score (nSPS) is 11.0. The standard InChI is InChI=1S/C22H25ClN4O2S/c1-4-27-20(13-29-19-11-7-17(23)8-12-19)25-26-22(27)30-14-21(28)24-18-9-5-16(6-10-18)15(2)3/h5-12,15H,4,13-14H2,1-3H3,(H,24,28). The van der Waals surface area contributed by atoms with Gasteiger partial charge in [-0.1, -0.05) is 49.3 Å². The van der Waals surface area contributed by atoms with Gasteiger partial charge in [-0.15, -0.1) is 10.2 Å². The third-order valence-corrected chi connectivity index (χ3v) is 5.70. The van der Waals surface area contributed by atoms with Gasteiger partial charge in [0.15, 0.2) is 11.0 Å². The highest BCUT2D eigenvalue weighted by Gasteiger charge is 2.14. The molecule has 1 aromatic heterocycles. The lowest BCUT2D eigenvalue weighted by Crippen LogP contribution is -2.15. The van der Waals surface area contributed by atoms with Gasteiger partial charge >= 0.3 is 0 Å². The van der Waals surface area contributed by atoms with E-state index in [0.29, 0.717) is 34.2 Å². The van der Waals surface area contributed by atoms with E-state index in [1.807, 2.05) is 47.9 Å². The van der Waals surface area contributed by atoms with E-state index in [0.717, 1.165) is 5.69 Å². The van der Waals surface area contributed by atoms with Gasteiger partial charge in [0.05, 0.1) is 5.75 Å². The number of nitrogens with zero attached hydrogens (tertiary/aromatic N) is 3. The molecule has 0 aliphatic carbocycles. The number of hydrogen-bond donors (Lipinski definition) is 1. The fourth-order valence-corrected chi connectivity index (χ4v) is 3.75. The molecule has 6 nitrogen and oxygen atoms in total. The van der Waals surface area contributed by atoms with E-state index in [1.54, 1.807) is 12.1 Å². The lowest BCUT2D eigenvalue weighted by atomic mass is 10.0. The Balaban J connectivity index is 1.54. The highest BCUT2D eigenvalue weighted by molar-refractivity contribution is 7.99. The van der Waals surface area contributed by atoms with Crippen molar-refractivity contribution in [3.63, 3.8) is 0 Å². The van der Waals surface area contributed by atoms with Gasteiger partial charge in [0.2, 0.25) is 5.91 Å². The van der Waals surface area contributed by atoms with Gasteiger partial charge in [-0.2, -0.15) is 0 Å². The molecule has 0 saturated heterocycles. The molecule has 3 aromatic rings. The summed E-state index contributed by atoms with van der Waals surface area (Å²) in [5.74, 6) is 2.05. The van der Waals surface area contributed by atoms with Crippen molar-refractivity contribution in [2.45, 2.75) is 45.0 Å². The molecule has 30 heavy (non-hydrogen) atoms. The third-order valence-electron chi connectivity index (χ3n) is 4.48. The van der Waals surface area contributed by atoms with Crippen LogP contribution in [0, 0.1) is 0 Å². The summed E-state index contributed by atoms with van der Waals surface area (Å²) in [6.45, 7) is 7.27. The van der Waals surface area contributed by atoms with Crippen LogP contribution in [0.4, 0.5) is 5.69 Å². The molecule has 3 rings (SSSR count). The Labute approximate surface area is 186 Å². The van der Waals surface area contributed by atoms with Crippen LogP contribution in [0.5, 0.6) is 5.75 Å². The number of nitrogens with one attached hydrogen (secondary N) is 1. The summed E-state index contributed by atoms with van der Waals surface area (Å²) >= 11 is 7.25. The number of thioether (sulfide) groups is 1. The Morgan fingerprint density at radius 1 is 1.13 bits per heavy atom. The molecule has 1 amide bonds. The number of hydrogen-bond acceptors (Lipinski definition) is 5. The van der Waals surface area contributed by atoms with Crippen LogP contribution >= 0.6 is 23.4 Å². The summed E-state index contributed by atoms with van der Waals surface area (Å²) in [7, 11) is 0. The van der Waals surface area contributed by atoms with Crippen LogP contribution in [0.2, 0.25) is 5.02 Å². The second-order valence-corrected chi connectivity index (χ2v) is 8.38. The predicted molar refractivity (Wildman–Crippen MR) is 121 cm³/mol. The molecule has 0 spiro atoms. The molecule has 0 aliphatic rings. The van der Waals surface area contributed by atoms with E-state index in [2.05, 4.69) is 29.4 Å². The monoisotopic (exact) mass is 444 g/mol. The number of carbonyl (C=O) groups excluding carboxylic acids is 1. The van der Waals surface area contributed by atoms with Gasteiger partial charge in [0.25, 0.3) is 0 Å². The number of ether oxygens (including phenoxy) is 1. The maximum atomic E-state index is 12.3. The van der Waals surface area contributed by atoms with Crippen LogP contribution < -0.4 is 10.1 Å². The van der Waals surface area contributed by atoms with Crippen LogP contribution in [0.15, 0.2) is 53.7 Å². The number of benzene rings is 2. The first-order chi connectivity index (χ1) is 14.5. The van der Waals surface area contributed by atoms with E-state index in [9.17, 15) is 4.79 Å². The van der Waals surface area contributed by atoms with Crippen LogP contribution in [0.25, 0.3) is 0 Å². The minimum absolute atomic E-state index is 0.0816. The van der Waals surface area contributed by atoms with Gasteiger partial charge < -0.3 is 14.6 Å². The topological polar surface area (TPSA) is 69.0 Å². The number of rotatable bonds is 9. The van der Waals surface area contributed by atoms with Crippen LogP contribution in [-0.4, -0.2) is 26.4 Å². The number of halogens is 1. The summed E-state index contributed by atoms with van der Waals surface area (Å²) in [5.41, 5.74) is 2.03. The van der Waals surface area contributed by atoms with E-state index < -0.39 is 0 Å². The summed E-state index contributed by atoms with van der Waals surface area (Å²) in [5, 5.41) is 12.7. The molecule has 0 saturated carbocycles. The fourth-order valence-electron chi connectivity index (χ4n) is 2.81. The van der Waals surface area contributed by atoms with Crippen molar-refractivity contribution in [2.75, 3.05) is 11.1 Å². The summed E-state index contributed by atoms with van der Waals surface area (Å²) in [6, 6.07) is 15.1. The van der Waals surface area contributed by atoms with Crippen molar-refractivity contribution >= 4 is 35.0 Å². The fraction of sp³-hybridized carbons (Fsp3) is 0.318. The SMILES string of the molecule is CCn1c(COc2ccc(Cl)cc2)nnc1SCC(=O)Nc1ccc(C(C)C)cc1. The Morgan fingerprint density at radius 3 is 2.47 bits per heavy atom. The maximum Gasteiger partial charge on any atom is 0.234 e. The molecule has 1 heterocycles. The maximum absolute atomic E-state index is 12.3. The number of amides is 1. The van der Waals surface area contributed by atoms with Crippen LogP contribution in [0.3, 0.4) is 0 Å². The Morgan fingerprint density at radius 2 is 1.83 bits per heavy atom. The van der Waals surface area contributed by atoms with Gasteiger partial charge in [-0.05, 0) is 54.8 Å². The number of anilines is 1. The summed E-state index contributed by atoms with van der Waals surface area (Å²) in [6.07, 6.45) is 0. The Kier molecular flexibility index (Phi) is 7.76. The van der Waals surface area contributed by atoms with Gasteiger partial charge in [-0.3, -0.25) is 4.79 Å². The zero-order chi connectivity index (χ0) is 21.5. The molecule has 2 aromatic carbocycles. The van der Waals surface area contributed by atoms with E-state index >= 15 is 0 Å². The predicted octanol–water partition coefficient (Wildman–Crippen LogP) is 5.38. The smallest absolute Gasteiger partial charge is 0.234 e. The highest BCUT2D eigenvalue weighted by atomic mass is 35.5. The molecule has 0 unspecified atom stereocenters. The quantitative estimate of drug-likeness (QED) is 0.448. The average molecular weight is 445 g/mol. The van der Waals surface area contributed by atoms with E-state index in [4.69, 9.17) is 16.3 Å². The van der Waals surface area contributed by atoms with E-state index in [-0.39, 0.29) is 18.3 Å². The lowest BCUT2D eigenvalue weighted by Gasteiger charge is -2.10. The largest absolute Gasteiger partial charge is 0.486 e. The van der Waals surface area contributed by atoms with Crippen molar-refractivity contribution in [1.29, 1.82) is 0 Å². The zero-order valence-corrected chi connectivity index (χ0v) is 18.8. The molecule has 0 aliphatic heterocycles. The van der Waals surface area contributed by atoms with Crippen molar-refractivity contribution in [1.82, 2.24) is 14.8 Å². The first-order valence-corrected chi connectivity index (χ1v) is 11.2. The van der Waals surface area contributed by atoms with Crippen molar-refractivity contribution in [3.05, 3.63) is 64.9 Å². The number of carbonyl (C=O) groups is 1. The second kappa shape index (κ2) is 10.5. The minimum Gasteiger partial charge on any atom is -0.486 e. The van der Waals surface area contributed by atoms with E-state index in [1.165, 1.54) is 17.3 Å². The first kappa shape index (κ1) is 22.2. The van der Waals surface area contributed by atoms with Gasteiger partial charge in [0, 0.05) is 17.3 Å². The van der Waals surface area contributed by atoms with Gasteiger partial charge in [-0.25, -0.2) is 0 Å². The highest BCUT2D eigenvalue weighted by Crippen LogP contribution is 2.21. The molecule has 0 bridgehead atoms. The van der Waals surface area contributed by atoms with Gasteiger partial charge in [0.1, 0.15) is 12.4 Å². The van der Waals surface area contributed by atoms with Crippen LogP contribution in [0.1, 0.15) is 38.1 Å². The molecule has 158 valence electrons. The molecular formula is C22H25ClN4O2S. The Hall–Kier alpha value is -2.51. The summed E-state index contributed by atoms with van der Waals surface area (Å²) in [4.78, 5) is 12.3. The molecular weight excluding hydrogens is 420 g/mol. The van der Waals surface area contributed by atoms with Crippen LogP contribution in [-0.2, 0) is 17.9 Å². The first-order valence-electron chi connectivity index (χ1n) is 9.79. The molecule has 8 heteroatoms. The van der Waals surface area contributed by atoms with Crippen molar-refractivity contribution in [2.24, 2.45) is 0 Å². The minimum atomic E-state index is -0.0816. The molecule has 1 N–H and O–H groups in total. The second-order valence-electron chi connectivity index (χ2n) is 7.00. The lowest BCUT2D eigenvalue weighted by molar-refractivity contribution is -0.113.